The molecule has 1 rings (SSSR count). The van der Waals surface area contributed by atoms with Crippen LogP contribution in [0, 0.1) is 6.07 Å². The van der Waals surface area contributed by atoms with Crippen LogP contribution in [0.3, 0.4) is 0 Å². The van der Waals surface area contributed by atoms with Crippen molar-refractivity contribution >= 4 is 15.9 Å². The van der Waals surface area contributed by atoms with Crippen LogP contribution in [0.2, 0.25) is 0 Å². The van der Waals surface area contributed by atoms with Gasteiger partial charge in [-0.1, -0.05) is 15.9 Å². The lowest BCUT2D eigenvalue weighted by molar-refractivity contribution is -0.138. The topological polar surface area (TPSA) is 9.23 Å². The monoisotopic (exact) mass is 253 g/mol. The average molecular weight is 254 g/mol. The van der Waals surface area contributed by atoms with Gasteiger partial charge in [0.1, 0.15) is 5.75 Å². The van der Waals surface area contributed by atoms with Gasteiger partial charge in [0.25, 0.3) is 0 Å². The maximum Gasteiger partial charge on any atom is 0.420 e. The summed E-state index contributed by atoms with van der Waals surface area (Å²) in [6, 6.07) is 4.63. The van der Waals surface area contributed by atoms with Gasteiger partial charge in [-0.25, -0.2) is 0 Å². The fourth-order valence-electron chi connectivity index (χ4n) is 0.842. The molecule has 0 bridgehead atoms. The highest BCUT2D eigenvalue weighted by atomic mass is 79.9. The van der Waals surface area contributed by atoms with Gasteiger partial charge in [-0.15, -0.1) is 0 Å². The van der Waals surface area contributed by atoms with Crippen LogP contribution in [0.5, 0.6) is 5.75 Å². The quantitative estimate of drug-likeness (QED) is 0.747. The molecule has 0 aliphatic rings. The Hall–Kier alpha value is -0.710. The Bertz CT molecular complexity index is 309. The lowest BCUT2D eigenvalue weighted by Crippen LogP contribution is -2.07. The first-order valence-corrected chi connectivity index (χ1v) is 4.07. The summed E-state index contributed by atoms with van der Waals surface area (Å²) < 4.78 is 41.7. The number of hydrogen-bond acceptors (Lipinski definition) is 1. The van der Waals surface area contributed by atoms with Gasteiger partial charge in [-0.05, 0) is 12.1 Å². The predicted octanol–water partition coefficient (Wildman–Crippen LogP) is 3.28. The van der Waals surface area contributed by atoms with E-state index in [2.05, 4.69) is 26.7 Å². The highest BCUT2D eigenvalue weighted by Gasteiger charge is 2.34. The van der Waals surface area contributed by atoms with E-state index in [-0.39, 0.29) is 10.2 Å². The van der Waals surface area contributed by atoms with E-state index in [1.165, 1.54) is 7.11 Å². The van der Waals surface area contributed by atoms with E-state index in [0.29, 0.717) is 0 Å². The summed E-state index contributed by atoms with van der Waals surface area (Å²) in [4.78, 5) is 0. The molecule has 1 radical (unpaired) electrons. The Balaban J connectivity index is 3.24. The maximum absolute atomic E-state index is 12.3. The van der Waals surface area contributed by atoms with Crippen LogP contribution in [-0.2, 0) is 6.18 Å². The van der Waals surface area contributed by atoms with Gasteiger partial charge in [-0.3, -0.25) is 0 Å². The SMILES string of the molecule is COc1c[c]c(Br)cc1C(F)(F)F. The minimum atomic E-state index is -4.40. The van der Waals surface area contributed by atoms with Crippen LogP contribution in [0.15, 0.2) is 16.6 Å². The molecule has 0 unspecified atom stereocenters. The van der Waals surface area contributed by atoms with Crippen molar-refractivity contribution in [3.05, 3.63) is 28.2 Å². The van der Waals surface area contributed by atoms with Crippen LogP contribution < -0.4 is 4.74 Å². The Kier molecular flexibility index (Phi) is 2.85. The molecule has 71 valence electrons. The lowest BCUT2D eigenvalue weighted by Gasteiger charge is -2.11. The summed E-state index contributed by atoms with van der Waals surface area (Å²) in [6.07, 6.45) is -4.40. The zero-order valence-electron chi connectivity index (χ0n) is 6.57. The van der Waals surface area contributed by atoms with Crippen molar-refractivity contribution in [1.29, 1.82) is 0 Å². The number of benzene rings is 1. The third-order valence-corrected chi connectivity index (χ3v) is 1.86. The smallest absolute Gasteiger partial charge is 0.420 e. The number of rotatable bonds is 1. The Labute approximate surface area is 81.6 Å². The van der Waals surface area contributed by atoms with Crippen molar-refractivity contribution in [2.45, 2.75) is 6.18 Å². The number of alkyl halides is 3. The molecular weight excluding hydrogens is 249 g/mol. The van der Waals surface area contributed by atoms with Crippen LogP contribution in [0.4, 0.5) is 13.2 Å². The van der Waals surface area contributed by atoms with Crippen molar-refractivity contribution in [1.82, 2.24) is 0 Å². The third kappa shape index (κ3) is 2.37. The largest absolute Gasteiger partial charge is 0.496 e. The van der Waals surface area contributed by atoms with Crippen LogP contribution in [0.25, 0.3) is 0 Å². The van der Waals surface area contributed by atoms with Gasteiger partial charge in [0, 0.05) is 10.5 Å². The fraction of sp³-hybridized carbons (Fsp3) is 0.250. The molecular formula is C8H5BrF3O. The highest BCUT2D eigenvalue weighted by molar-refractivity contribution is 9.10. The van der Waals surface area contributed by atoms with Crippen LogP contribution in [-0.4, -0.2) is 7.11 Å². The molecule has 1 aromatic rings. The van der Waals surface area contributed by atoms with Gasteiger partial charge in [0.05, 0.1) is 12.7 Å². The first-order valence-electron chi connectivity index (χ1n) is 3.27. The minimum Gasteiger partial charge on any atom is -0.496 e. The zero-order chi connectivity index (χ0) is 10.1. The molecule has 0 saturated carbocycles. The van der Waals surface area contributed by atoms with Gasteiger partial charge in [-0.2, -0.15) is 13.2 Å². The molecule has 0 aliphatic carbocycles. The zero-order valence-corrected chi connectivity index (χ0v) is 8.16. The Morgan fingerprint density at radius 3 is 2.54 bits per heavy atom. The van der Waals surface area contributed by atoms with Gasteiger partial charge in [0.2, 0.25) is 0 Å². The molecule has 0 heterocycles. The van der Waals surface area contributed by atoms with Gasteiger partial charge < -0.3 is 4.74 Å². The second-order valence-corrected chi connectivity index (χ2v) is 3.12. The summed E-state index contributed by atoms with van der Waals surface area (Å²) in [5.74, 6) is -0.226. The second kappa shape index (κ2) is 3.57. The molecule has 0 aromatic heterocycles. The van der Waals surface area contributed by atoms with E-state index >= 15 is 0 Å². The summed E-state index contributed by atoms with van der Waals surface area (Å²) in [6.45, 7) is 0. The summed E-state index contributed by atoms with van der Waals surface area (Å²) in [5.41, 5.74) is -0.805. The average Bonchev–Trinajstić information content (AvgIpc) is 2.03. The van der Waals surface area contributed by atoms with Crippen molar-refractivity contribution in [2.24, 2.45) is 0 Å². The van der Waals surface area contributed by atoms with E-state index in [9.17, 15) is 13.2 Å². The molecule has 0 fully saturated rings. The molecule has 0 saturated heterocycles. The molecule has 1 nitrogen and oxygen atoms in total. The van der Waals surface area contributed by atoms with Crippen molar-refractivity contribution < 1.29 is 17.9 Å². The fourth-order valence-corrected chi connectivity index (χ4v) is 1.19. The van der Waals surface area contributed by atoms with Crippen molar-refractivity contribution in [3.63, 3.8) is 0 Å². The molecule has 1 aromatic carbocycles. The number of halogens is 4. The minimum absolute atomic E-state index is 0.226. The van der Waals surface area contributed by atoms with E-state index in [4.69, 9.17) is 0 Å². The van der Waals surface area contributed by atoms with Crippen LogP contribution >= 0.6 is 15.9 Å². The highest BCUT2D eigenvalue weighted by Crippen LogP contribution is 2.37. The Morgan fingerprint density at radius 2 is 2.08 bits per heavy atom. The van der Waals surface area contributed by atoms with Crippen molar-refractivity contribution in [2.75, 3.05) is 7.11 Å². The van der Waals surface area contributed by atoms with Crippen LogP contribution in [0.1, 0.15) is 5.56 Å². The first-order chi connectivity index (χ1) is 5.95. The maximum atomic E-state index is 12.3. The predicted molar refractivity (Wildman–Crippen MR) is 44.5 cm³/mol. The van der Waals surface area contributed by atoms with Gasteiger partial charge in [0.15, 0.2) is 0 Å². The molecule has 0 atom stereocenters. The number of ether oxygens (including phenoxy) is 1. The van der Waals surface area contributed by atoms with E-state index < -0.39 is 11.7 Å². The van der Waals surface area contributed by atoms with E-state index in [0.717, 1.165) is 12.1 Å². The number of methoxy groups -OCH3 is 1. The van der Waals surface area contributed by atoms with Gasteiger partial charge >= 0.3 is 6.18 Å². The first kappa shape index (κ1) is 10.4. The summed E-state index contributed by atoms with van der Waals surface area (Å²) >= 11 is 2.91. The summed E-state index contributed by atoms with van der Waals surface area (Å²) in [7, 11) is 1.19. The molecule has 5 heteroatoms. The normalized spacial score (nSPS) is 11.5. The summed E-state index contributed by atoms with van der Waals surface area (Å²) in [5, 5.41) is 0. The van der Waals surface area contributed by atoms with E-state index in [1.54, 1.807) is 0 Å². The third-order valence-electron chi connectivity index (χ3n) is 1.40. The number of hydrogen-bond donors (Lipinski definition) is 0. The Morgan fingerprint density at radius 1 is 1.46 bits per heavy atom. The molecule has 0 amide bonds. The second-order valence-electron chi connectivity index (χ2n) is 2.26. The molecule has 0 aliphatic heterocycles. The standard InChI is InChI=1S/C8H5BrF3O/c1-13-7-3-2-5(9)4-6(7)8(10,11)12/h3-4H,1H3. The molecule has 0 N–H and O–H groups in total. The van der Waals surface area contributed by atoms with E-state index in [1.807, 2.05) is 0 Å². The molecule has 0 spiro atoms. The van der Waals surface area contributed by atoms with Crippen molar-refractivity contribution in [3.8, 4) is 5.75 Å². The molecule has 13 heavy (non-hydrogen) atoms. The lowest BCUT2D eigenvalue weighted by atomic mass is 10.2.